The fraction of sp³-hybridized carbons (Fsp3) is 0.950. The van der Waals surface area contributed by atoms with Gasteiger partial charge >= 0.3 is 0 Å². The van der Waals surface area contributed by atoms with Gasteiger partial charge in [-0.25, -0.2) is 0 Å². The Morgan fingerprint density at radius 3 is 2.48 bits per heavy atom. The zero-order valence-corrected chi connectivity index (χ0v) is 16.3. The summed E-state index contributed by atoms with van der Waals surface area (Å²) in [5.74, 6) is 3.47. The van der Waals surface area contributed by atoms with E-state index in [9.17, 15) is 4.79 Å². The van der Waals surface area contributed by atoms with Crippen LogP contribution in [0.3, 0.4) is 0 Å². The van der Waals surface area contributed by atoms with Gasteiger partial charge in [0.1, 0.15) is 0 Å². The molecule has 3 heteroatoms. The van der Waals surface area contributed by atoms with Gasteiger partial charge in [0.25, 0.3) is 0 Å². The molecule has 0 radical (unpaired) electrons. The van der Waals surface area contributed by atoms with E-state index in [2.05, 4.69) is 35.1 Å². The summed E-state index contributed by atoms with van der Waals surface area (Å²) in [7, 11) is 0. The molecule has 0 aromatic rings. The van der Waals surface area contributed by atoms with Gasteiger partial charge in [0.2, 0.25) is 5.91 Å². The van der Waals surface area contributed by atoms with Crippen molar-refractivity contribution in [1.29, 1.82) is 0 Å². The Hall–Kier alpha value is -0.0500. The van der Waals surface area contributed by atoms with Gasteiger partial charge in [0.05, 0.1) is 0 Å². The molecule has 5 saturated carbocycles. The summed E-state index contributed by atoms with van der Waals surface area (Å²) in [6, 6.07) is 0.415. The number of carbonyl (C=O) groups is 1. The van der Waals surface area contributed by atoms with E-state index in [0.29, 0.717) is 27.6 Å². The van der Waals surface area contributed by atoms with Crippen LogP contribution in [0.5, 0.6) is 0 Å². The lowest BCUT2D eigenvalue weighted by molar-refractivity contribution is -0.129. The van der Waals surface area contributed by atoms with E-state index in [1.54, 1.807) is 0 Å². The summed E-state index contributed by atoms with van der Waals surface area (Å²) in [4.78, 5) is 12.8. The largest absolute Gasteiger partial charge is 0.353 e. The van der Waals surface area contributed by atoms with Crippen LogP contribution in [0.4, 0.5) is 0 Å². The molecular formula is C20H32BrNO. The van der Waals surface area contributed by atoms with Gasteiger partial charge < -0.3 is 5.32 Å². The molecule has 0 aromatic heterocycles. The summed E-state index contributed by atoms with van der Waals surface area (Å²) >= 11 is 4.07. The SMILES string of the molecule is C[C@@H]1[C@H](C)CCC[C@H]1NC(=O)CC12C[C@H]3C[C@@H](CC(Br)(C3)C1)C2. The van der Waals surface area contributed by atoms with Crippen molar-refractivity contribution in [2.24, 2.45) is 29.1 Å². The van der Waals surface area contributed by atoms with Crippen molar-refractivity contribution in [3.05, 3.63) is 0 Å². The smallest absolute Gasteiger partial charge is 0.220 e. The quantitative estimate of drug-likeness (QED) is 0.680. The summed E-state index contributed by atoms with van der Waals surface area (Å²) in [5.41, 5.74) is 0.307. The molecule has 0 unspecified atom stereocenters. The molecule has 130 valence electrons. The van der Waals surface area contributed by atoms with Crippen LogP contribution < -0.4 is 5.32 Å². The highest BCUT2D eigenvalue weighted by molar-refractivity contribution is 9.10. The van der Waals surface area contributed by atoms with Gasteiger partial charge in [-0.2, -0.15) is 0 Å². The predicted molar refractivity (Wildman–Crippen MR) is 97.5 cm³/mol. The van der Waals surface area contributed by atoms with E-state index in [1.807, 2.05) is 0 Å². The van der Waals surface area contributed by atoms with E-state index >= 15 is 0 Å². The molecule has 0 heterocycles. The van der Waals surface area contributed by atoms with Crippen LogP contribution in [0.25, 0.3) is 0 Å². The monoisotopic (exact) mass is 381 g/mol. The highest BCUT2D eigenvalue weighted by Gasteiger charge is 2.57. The predicted octanol–water partition coefficient (Wildman–Crippen LogP) is 5.05. The van der Waals surface area contributed by atoms with Crippen LogP contribution >= 0.6 is 15.9 Å². The highest BCUT2D eigenvalue weighted by atomic mass is 79.9. The first kappa shape index (κ1) is 16.4. The van der Waals surface area contributed by atoms with E-state index < -0.39 is 0 Å². The summed E-state index contributed by atoms with van der Waals surface area (Å²) in [5, 5.41) is 3.43. The zero-order valence-electron chi connectivity index (χ0n) is 14.7. The van der Waals surface area contributed by atoms with E-state index in [1.165, 1.54) is 57.8 Å². The van der Waals surface area contributed by atoms with Crippen molar-refractivity contribution >= 4 is 21.8 Å². The third-order valence-electron chi connectivity index (χ3n) is 7.70. The maximum absolute atomic E-state index is 12.8. The molecule has 5 aliphatic rings. The average Bonchev–Trinajstić information content (AvgIpc) is 2.40. The topological polar surface area (TPSA) is 29.1 Å². The highest BCUT2D eigenvalue weighted by Crippen LogP contribution is 2.65. The van der Waals surface area contributed by atoms with Gasteiger partial charge in [-0.05, 0) is 74.0 Å². The minimum absolute atomic E-state index is 0.307. The third-order valence-corrected chi connectivity index (χ3v) is 8.63. The second-order valence-corrected chi connectivity index (χ2v) is 11.4. The summed E-state index contributed by atoms with van der Waals surface area (Å²) < 4.78 is 0.365. The first-order valence-electron chi connectivity index (χ1n) is 9.85. The van der Waals surface area contributed by atoms with E-state index in [4.69, 9.17) is 0 Å². The molecular weight excluding hydrogens is 350 g/mol. The summed E-state index contributed by atoms with van der Waals surface area (Å²) in [6.45, 7) is 4.67. The number of nitrogens with one attached hydrogen (secondary N) is 1. The Kier molecular flexibility index (Phi) is 4.10. The molecule has 0 spiro atoms. The standard InChI is InChI=1S/C20H32BrNO/c1-13-4-3-5-17(14(13)2)22-18(23)11-19-7-15-6-16(8-19)10-20(21,9-15)12-19/h13-17H,3-12H2,1-2H3,(H,22,23)/t13-,14-,15-,16-,17-,19?,20?/m1/s1. The number of hydrogen-bond donors (Lipinski definition) is 1. The summed E-state index contributed by atoms with van der Waals surface area (Å²) in [6.07, 6.45) is 12.5. The molecule has 5 rings (SSSR count). The number of amides is 1. The first-order valence-corrected chi connectivity index (χ1v) is 10.6. The van der Waals surface area contributed by atoms with Crippen LogP contribution in [0, 0.1) is 29.1 Å². The molecule has 1 N–H and O–H groups in total. The van der Waals surface area contributed by atoms with E-state index in [-0.39, 0.29) is 0 Å². The van der Waals surface area contributed by atoms with Gasteiger partial charge in [-0.15, -0.1) is 0 Å². The van der Waals surface area contributed by atoms with Crippen molar-refractivity contribution in [2.75, 3.05) is 0 Å². The van der Waals surface area contributed by atoms with Crippen LogP contribution in [0.1, 0.15) is 78.1 Å². The van der Waals surface area contributed by atoms with Crippen LogP contribution in [0.2, 0.25) is 0 Å². The van der Waals surface area contributed by atoms with Gasteiger partial charge in [-0.3, -0.25) is 4.79 Å². The fourth-order valence-corrected chi connectivity index (χ4v) is 8.44. The van der Waals surface area contributed by atoms with Crippen molar-refractivity contribution in [3.63, 3.8) is 0 Å². The Morgan fingerprint density at radius 1 is 1.13 bits per heavy atom. The minimum atomic E-state index is 0.307. The molecule has 5 atom stereocenters. The maximum Gasteiger partial charge on any atom is 0.220 e. The fourth-order valence-electron chi connectivity index (χ4n) is 6.93. The van der Waals surface area contributed by atoms with Gasteiger partial charge in [-0.1, -0.05) is 42.6 Å². The van der Waals surface area contributed by atoms with Crippen molar-refractivity contribution in [2.45, 2.75) is 88.4 Å². The third kappa shape index (κ3) is 3.12. The van der Waals surface area contributed by atoms with Crippen LogP contribution in [-0.2, 0) is 4.79 Å². The second-order valence-electron chi connectivity index (χ2n) is 9.73. The van der Waals surface area contributed by atoms with Crippen molar-refractivity contribution < 1.29 is 4.79 Å². The molecule has 0 aromatic carbocycles. The van der Waals surface area contributed by atoms with Gasteiger partial charge in [0, 0.05) is 16.8 Å². The molecule has 1 amide bonds. The number of carbonyl (C=O) groups excluding carboxylic acids is 1. The molecule has 0 saturated heterocycles. The Bertz CT molecular complexity index is 476. The molecule has 5 fully saturated rings. The number of rotatable bonds is 3. The number of halogens is 1. The lowest BCUT2D eigenvalue weighted by atomic mass is 9.48. The number of hydrogen-bond acceptors (Lipinski definition) is 1. The van der Waals surface area contributed by atoms with Crippen LogP contribution in [-0.4, -0.2) is 16.3 Å². The molecule has 23 heavy (non-hydrogen) atoms. The van der Waals surface area contributed by atoms with Crippen molar-refractivity contribution in [1.82, 2.24) is 5.32 Å². The van der Waals surface area contributed by atoms with Gasteiger partial charge in [0.15, 0.2) is 0 Å². The molecule has 0 aliphatic heterocycles. The lowest BCUT2D eigenvalue weighted by Crippen LogP contribution is -2.54. The van der Waals surface area contributed by atoms with E-state index in [0.717, 1.165) is 24.2 Å². The zero-order chi connectivity index (χ0) is 16.2. The molecule has 4 bridgehead atoms. The Balaban J connectivity index is 1.41. The second kappa shape index (κ2) is 5.75. The Labute approximate surface area is 149 Å². The Morgan fingerprint density at radius 2 is 1.83 bits per heavy atom. The van der Waals surface area contributed by atoms with Crippen molar-refractivity contribution in [3.8, 4) is 0 Å². The maximum atomic E-state index is 12.8. The molecule has 5 aliphatic carbocycles. The lowest BCUT2D eigenvalue weighted by Gasteiger charge is -2.60. The van der Waals surface area contributed by atoms with Crippen LogP contribution in [0.15, 0.2) is 0 Å². The number of alkyl halides is 1. The average molecular weight is 382 g/mol. The first-order chi connectivity index (χ1) is 10.9. The normalized spacial score (nSPS) is 51.7. The minimum Gasteiger partial charge on any atom is -0.353 e. The molecule has 2 nitrogen and oxygen atoms in total.